The number of carbonyl (C=O) groups is 2. The van der Waals surface area contributed by atoms with Crippen molar-refractivity contribution in [3.8, 4) is 17.2 Å². The van der Waals surface area contributed by atoms with Gasteiger partial charge in [-0.1, -0.05) is 0 Å². The van der Waals surface area contributed by atoms with E-state index in [0.717, 1.165) is 21.8 Å². The highest BCUT2D eigenvalue weighted by atomic mass is 32.1. The highest BCUT2D eigenvalue weighted by Gasteiger charge is 2.34. The Kier molecular flexibility index (Phi) is 6.64. The number of thiophene rings is 1. The van der Waals surface area contributed by atoms with Gasteiger partial charge in [-0.05, 0) is 32.9 Å². The minimum Gasteiger partial charge on any atom is -0.497 e. The Balaban J connectivity index is 1.90. The van der Waals surface area contributed by atoms with Gasteiger partial charge in [-0.25, -0.2) is 9.59 Å². The first kappa shape index (κ1) is 22.7. The zero-order chi connectivity index (χ0) is 22.8. The third-order valence-electron chi connectivity index (χ3n) is 4.74. The molecule has 9 heteroatoms. The summed E-state index contributed by atoms with van der Waals surface area (Å²) in [6, 6.07) is 6.62. The molecule has 0 aliphatic carbocycles. The lowest BCUT2D eigenvalue weighted by molar-refractivity contribution is 0.00662. The first-order chi connectivity index (χ1) is 14.6. The lowest BCUT2D eigenvalue weighted by Crippen LogP contribution is -2.47. The van der Waals surface area contributed by atoms with Gasteiger partial charge in [0.05, 0.1) is 26.8 Å². The van der Waals surface area contributed by atoms with Crippen LogP contribution in [0, 0.1) is 0 Å². The Morgan fingerprint density at radius 1 is 1.23 bits per heavy atom. The van der Waals surface area contributed by atoms with Crippen molar-refractivity contribution in [3.05, 3.63) is 39.6 Å². The summed E-state index contributed by atoms with van der Waals surface area (Å²) in [5.74, 6) is 0.806. The van der Waals surface area contributed by atoms with Crippen molar-refractivity contribution in [3.63, 3.8) is 0 Å². The van der Waals surface area contributed by atoms with Crippen LogP contribution in [0.5, 0.6) is 17.2 Å². The second-order valence-corrected chi connectivity index (χ2v) is 9.29. The SMILES string of the molecule is COc1ccc(CN(C(=O)OC(C)(C)C)C2COc3cc(C(=O)O)sc3C2)c(OC)c1. The van der Waals surface area contributed by atoms with Crippen molar-refractivity contribution in [2.75, 3.05) is 20.8 Å². The molecule has 1 amide bonds. The number of carboxylic acid groups (broad SMARTS) is 1. The summed E-state index contributed by atoms with van der Waals surface area (Å²) in [4.78, 5) is 27.0. The Morgan fingerprint density at radius 3 is 2.58 bits per heavy atom. The number of methoxy groups -OCH3 is 2. The number of carbonyl (C=O) groups excluding carboxylic acids is 1. The number of amides is 1. The molecule has 1 N–H and O–H groups in total. The van der Waals surface area contributed by atoms with E-state index in [4.69, 9.17) is 18.9 Å². The lowest BCUT2D eigenvalue weighted by atomic mass is 10.1. The molecule has 8 nitrogen and oxygen atoms in total. The van der Waals surface area contributed by atoms with E-state index in [1.807, 2.05) is 26.8 Å². The molecule has 31 heavy (non-hydrogen) atoms. The predicted octanol–water partition coefficient (Wildman–Crippen LogP) is 4.20. The molecule has 3 rings (SSSR count). The topological polar surface area (TPSA) is 94.5 Å². The number of ether oxygens (including phenoxy) is 4. The van der Waals surface area contributed by atoms with Gasteiger partial charge < -0.3 is 24.1 Å². The highest BCUT2D eigenvalue weighted by molar-refractivity contribution is 7.14. The van der Waals surface area contributed by atoms with E-state index >= 15 is 0 Å². The predicted molar refractivity (Wildman–Crippen MR) is 116 cm³/mol. The molecule has 2 heterocycles. The summed E-state index contributed by atoms with van der Waals surface area (Å²) < 4.78 is 22.2. The highest BCUT2D eigenvalue weighted by Crippen LogP contribution is 2.36. The van der Waals surface area contributed by atoms with Crippen LogP contribution in [0.25, 0.3) is 0 Å². The average molecular weight is 450 g/mol. The van der Waals surface area contributed by atoms with Gasteiger partial charge in [0.1, 0.15) is 34.3 Å². The number of rotatable bonds is 6. The monoisotopic (exact) mass is 449 g/mol. The molecule has 0 spiro atoms. The molecular formula is C22H27NO7S. The summed E-state index contributed by atoms with van der Waals surface area (Å²) in [5, 5.41) is 9.27. The molecule has 0 radical (unpaired) electrons. The van der Waals surface area contributed by atoms with Gasteiger partial charge >= 0.3 is 12.1 Å². The Bertz CT molecular complexity index is 963. The fourth-order valence-corrected chi connectivity index (χ4v) is 4.28. The largest absolute Gasteiger partial charge is 0.497 e. The lowest BCUT2D eigenvalue weighted by Gasteiger charge is -2.35. The number of aromatic carboxylic acids is 1. The van der Waals surface area contributed by atoms with Crippen LogP contribution in [0.1, 0.15) is 40.9 Å². The van der Waals surface area contributed by atoms with Crippen molar-refractivity contribution in [2.24, 2.45) is 0 Å². The quantitative estimate of drug-likeness (QED) is 0.706. The van der Waals surface area contributed by atoms with Gasteiger partial charge in [0.15, 0.2) is 0 Å². The van der Waals surface area contributed by atoms with Crippen molar-refractivity contribution in [1.82, 2.24) is 4.90 Å². The van der Waals surface area contributed by atoms with E-state index in [-0.39, 0.29) is 24.1 Å². The molecule has 2 aromatic rings. The van der Waals surface area contributed by atoms with Crippen LogP contribution in [-0.4, -0.2) is 54.5 Å². The van der Waals surface area contributed by atoms with Crippen LogP contribution < -0.4 is 14.2 Å². The van der Waals surface area contributed by atoms with E-state index in [1.54, 1.807) is 31.3 Å². The molecule has 0 fully saturated rings. The van der Waals surface area contributed by atoms with E-state index in [0.29, 0.717) is 23.7 Å². The Hall–Kier alpha value is -2.94. The molecule has 1 atom stereocenters. The fraction of sp³-hybridized carbons (Fsp3) is 0.455. The smallest absolute Gasteiger partial charge is 0.410 e. The molecule has 0 saturated carbocycles. The summed E-state index contributed by atoms with van der Waals surface area (Å²) in [7, 11) is 3.13. The molecule has 1 aliphatic rings. The molecular weight excluding hydrogens is 422 g/mol. The van der Waals surface area contributed by atoms with Crippen LogP contribution in [0.2, 0.25) is 0 Å². The van der Waals surface area contributed by atoms with E-state index in [2.05, 4.69) is 0 Å². The molecule has 1 aromatic carbocycles. The van der Waals surface area contributed by atoms with Gasteiger partial charge in [-0.15, -0.1) is 11.3 Å². The molecule has 0 bridgehead atoms. The van der Waals surface area contributed by atoms with Gasteiger partial charge in [0.2, 0.25) is 0 Å². The number of benzene rings is 1. The van der Waals surface area contributed by atoms with Crippen molar-refractivity contribution >= 4 is 23.4 Å². The standard InChI is InChI=1S/C22H27NO7S/c1-22(2,3)30-21(26)23(11-13-6-7-15(27-4)9-16(13)28-5)14-8-18-17(29-12-14)10-19(31-18)20(24)25/h6-7,9-10,14H,8,11-12H2,1-5H3,(H,24,25). The molecule has 1 unspecified atom stereocenters. The number of fused-ring (bicyclic) bond motifs is 1. The maximum Gasteiger partial charge on any atom is 0.410 e. The number of carboxylic acids is 1. The minimum absolute atomic E-state index is 0.214. The first-order valence-corrected chi connectivity index (χ1v) is 10.6. The second kappa shape index (κ2) is 9.05. The summed E-state index contributed by atoms with van der Waals surface area (Å²) >= 11 is 1.16. The van der Waals surface area contributed by atoms with E-state index in [1.165, 1.54) is 6.07 Å². The summed E-state index contributed by atoms with van der Waals surface area (Å²) in [6.07, 6.45) is 0.00258. The maximum atomic E-state index is 13.1. The van der Waals surface area contributed by atoms with Crippen LogP contribution >= 0.6 is 11.3 Å². The second-order valence-electron chi connectivity index (χ2n) is 8.16. The van der Waals surface area contributed by atoms with Crippen LogP contribution in [-0.2, 0) is 17.7 Å². The van der Waals surface area contributed by atoms with E-state index < -0.39 is 17.7 Å². The average Bonchev–Trinajstić information content (AvgIpc) is 3.14. The molecule has 1 aromatic heterocycles. The molecule has 168 valence electrons. The van der Waals surface area contributed by atoms with Gasteiger partial charge in [0, 0.05) is 29.0 Å². The van der Waals surface area contributed by atoms with Crippen LogP contribution in [0.3, 0.4) is 0 Å². The molecule has 0 saturated heterocycles. The fourth-order valence-electron chi connectivity index (χ4n) is 3.27. The van der Waals surface area contributed by atoms with E-state index in [9.17, 15) is 14.7 Å². The summed E-state index contributed by atoms with van der Waals surface area (Å²) in [6.45, 7) is 5.91. The van der Waals surface area contributed by atoms with Gasteiger partial charge in [-0.2, -0.15) is 0 Å². The zero-order valence-electron chi connectivity index (χ0n) is 18.3. The minimum atomic E-state index is -0.994. The van der Waals surface area contributed by atoms with Crippen molar-refractivity contribution in [1.29, 1.82) is 0 Å². The first-order valence-electron chi connectivity index (χ1n) is 9.80. The van der Waals surface area contributed by atoms with Gasteiger partial charge in [-0.3, -0.25) is 4.90 Å². The molecule has 1 aliphatic heterocycles. The Labute approximate surface area is 185 Å². The maximum absolute atomic E-state index is 13.1. The Morgan fingerprint density at radius 2 is 1.97 bits per heavy atom. The number of hydrogen-bond donors (Lipinski definition) is 1. The number of nitrogens with zero attached hydrogens (tertiary/aromatic N) is 1. The zero-order valence-corrected chi connectivity index (χ0v) is 19.1. The summed E-state index contributed by atoms with van der Waals surface area (Å²) in [5.41, 5.74) is 0.122. The van der Waals surface area contributed by atoms with Crippen molar-refractivity contribution in [2.45, 2.75) is 45.4 Å². The normalized spacial score (nSPS) is 15.5. The van der Waals surface area contributed by atoms with Gasteiger partial charge in [0.25, 0.3) is 0 Å². The van der Waals surface area contributed by atoms with Crippen LogP contribution in [0.15, 0.2) is 24.3 Å². The third-order valence-corrected chi connectivity index (χ3v) is 5.86. The van der Waals surface area contributed by atoms with Crippen LogP contribution in [0.4, 0.5) is 4.79 Å². The number of hydrogen-bond acceptors (Lipinski definition) is 7. The third kappa shape index (κ3) is 5.41. The van der Waals surface area contributed by atoms with Crippen molar-refractivity contribution < 1.29 is 33.6 Å².